The number of nitrogens with one attached hydrogen (secondary N) is 2. The lowest BCUT2D eigenvalue weighted by atomic mass is 9.85. The van der Waals surface area contributed by atoms with Crippen LogP contribution in [0.5, 0.6) is 0 Å². The van der Waals surface area contributed by atoms with Gasteiger partial charge in [-0.1, -0.05) is 24.2 Å². The number of carbonyl (C=O) groups excluding carboxylic acids is 2. The largest absolute Gasteiger partial charge is 0.469 e. The first kappa shape index (κ1) is 20.1. The van der Waals surface area contributed by atoms with Gasteiger partial charge in [0.2, 0.25) is 11.0 Å². The molecule has 25 heavy (non-hydrogen) atoms. The lowest BCUT2D eigenvalue weighted by molar-refractivity contribution is -0.140. The molecule has 1 aliphatic carbocycles. The molecule has 2 heterocycles. The molecule has 2 fully saturated rings. The monoisotopic (exact) mass is 388 g/mol. The highest BCUT2D eigenvalue weighted by Gasteiger charge is 2.38. The molecule has 1 aliphatic heterocycles. The molecule has 9 heteroatoms. The summed E-state index contributed by atoms with van der Waals surface area (Å²) in [6, 6.07) is 0.377. The van der Waals surface area contributed by atoms with Crippen molar-refractivity contribution in [2.45, 2.75) is 63.5 Å². The summed E-state index contributed by atoms with van der Waals surface area (Å²) in [5.74, 6) is 0.404. The fourth-order valence-corrected chi connectivity index (χ4v) is 4.39. The van der Waals surface area contributed by atoms with E-state index in [1.54, 1.807) is 0 Å². The van der Waals surface area contributed by atoms with E-state index in [1.165, 1.54) is 44.1 Å². The van der Waals surface area contributed by atoms with Crippen molar-refractivity contribution < 1.29 is 14.3 Å². The van der Waals surface area contributed by atoms with Gasteiger partial charge in [0.25, 0.3) is 0 Å². The Morgan fingerprint density at radius 3 is 2.88 bits per heavy atom. The summed E-state index contributed by atoms with van der Waals surface area (Å²) in [4.78, 5) is 23.5. The lowest BCUT2D eigenvalue weighted by Gasteiger charge is -2.24. The number of hydrogen-bond acceptors (Lipinski definition) is 7. The molecule has 7 nitrogen and oxygen atoms in total. The molecule has 2 N–H and O–H groups in total. The maximum absolute atomic E-state index is 12.4. The van der Waals surface area contributed by atoms with E-state index in [-0.39, 0.29) is 30.3 Å². The summed E-state index contributed by atoms with van der Waals surface area (Å²) in [6.45, 7) is 0. The minimum Gasteiger partial charge on any atom is -0.469 e. The third-order valence-electron chi connectivity index (χ3n) is 4.88. The van der Waals surface area contributed by atoms with E-state index >= 15 is 0 Å². The van der Waals surface area contributed by atoms with E-state index in [4.69, 9.17) is 0 Å². The molecule has 2 aliphatic rings. The van der Waals surface area contributed by atoms with Crippen molar-refractivity contribution in [2.24, 2.45) is 5.92 Å². The molecule has 140 valence electrons. The average Bonchev–Trinajstić information content (AvgIpc) is 3.21. The third kappa shape index (κ3) is 5.36. The fraction of sp³-hybridized carbons (Fsp3) is 0.750. The SMILES string of the molecule is COC(=O)CCCc1nnc(NC(=O)C2CC3CCCCC3N2)s1.Cl. The Labute approximate surface area is 157 Å². The number of amides is 1. The zero-order chi connectivity index (χ0) is 16.9. The Balaban J connectivity index is 0.00000225. The average molecular weight is 389 g/mol. The predicted octanol–water partition coefficient (Wildman–Crippen LogP) is 2.31. The van der Waals surface area contributed by atoms with Crippen molar-refractivity contribution >= 4 is 40.8 Å². The van der Waals surface area contributed by atoms with E-state index in [1.807, 2.05) is 0 Å². The molecule has 3 unspecified atom stereocenters. The molecule has 0 spiro atoms. The van der Waals surface area contributed by atoms with Gasteiger partial charge in [-0.2, -0.15) is 0 Å². The van der Waals surface area contributed by atoms with Gasteiger partial charge in [-0.15, -0.1) is 22.6 Å². The van der Waals surface area contributed by atoms with E-state index in [0.717, 1.165) is 11.4 Å². The zero-order valence-electron chi connectivity index (χ0n) is 14.3. The van der Waals surface area contributed by atoms with Gasteiger partial charge >= 0.3 is 5.97 Å². The number of esters is 1. The molecular weight excluding hydrogens is 364 g/mol. The molecule has 1 amide bonds. The number of halogens is 1. The number of ether oxygens (including phenoxy) is 1. The van der Waals surface area contributed by atoms with Crippen LogP contribution in [-0.4, -0.2) is 41.3 Å². The molecule has 0 bridgehead atoms. The number of carbonyl (C=O) groups is 2. The number of methoxy groups -OCH3 is 1. The maximum atomic E-state index is 12.4. The smallest absolute Gasteiger partial charge is 0.305 e. The first-order valence-corrected chi connectivity index (χ1v) is 9.43. The Morgan fingerprint density at radius 2 is 2.12 bits per heavy atom. The summed E-state index contributed by atoms with van der Waals surface area (Å²) in [6.07, 6.45) is 7.56. The van der Waals surface area contributed by atoms with Crippen LogP contribution in [-0.2, 0) is 20.7 Å². The minimum absolute atomic E-state index is 0. The highest BCUT2D eigenvalue weighted by atomic mass is 35.5. The number of nitrogens with zero attached hydrogens (tertiary/aromatic N) is 2. The van der Waals surface area contributed by atoms with Crippen molar-refractivity contribution in [1.29, 1.82) is 0 Å². The maximum Gasteiger partial charge on any atom is 0.305 e. The summed E-state index contributed by atoms with van der Waals surface area (Å²) in [5, 5.41) is 15.8. The first-order chi connectivity index (χ1) is 11.7. The van der Waals surface area contributed by atoms with Gasteiger partial charge in [0.1, 0.15) is 5.01 Å². The standard InChI is InChI=1S/C16H24N4O3S.ClH/c1-23-14(21)8-4-7-13-19-20-16(24-13)18-15(22)12-9-10-5-2-3-6-11(10)17-12;/h10-12,17H,2-9H2,1H3,(H,18,20,22);1H. The van der Waals surface area contributed by atoms with Gasteiger partial charge in [-0.25, -0.2) is 0 Å². The fourth-order valence-electron chi connectivity index (χ4n) is 3.60. The van der Waals surface area contributed by atoms with Gasteiger partial charge < -0.3 is 10.1 Å². The highest BCUT2D eigenvalue weighted by Crippen LogP contribution is 2.33. The summed E-state index contributed by atoms with van der Waals surface area (Å²) >= 11 is 1.37. The number of aromatic nitrogens is 2. The van der Waals surface area contributed by atoms with Crippen LogP contribution in [0.1, 0.15) is 50.0 Å². The lowest BCUT2D eigenvalue weighted by Crippen LogP contribution is -2.39. The van der Waals surface area contributed by atoms with Crippen LogP contribution in [0.2, 0.25) is 0 Å². The van der Waals surface area contributed by atoms with Gasteiger partial charge in [0.05, 0.1) is 13.2 Å². The van der Waals surface area contributed by atoms with Gasteiger partial charge in [-0.3, -0.25) is 14.9 Å². The van der Waals surface area contributed by atoms with Crippen molar-refractivity contribution in [3.63, 3.8) is 0 Å². The van der Waals surface area contributed by atoms with Crippen LogP contribution >= 0.6 is 23.7 Å². The Kier molecular flexibility index (Phi) is 7.58. The molecule has 0 radical (unpaired) electrons. The van der Waals surface area contributed by atoms with Crippen molar-refractivity contribution in [3.8, 4) is 0 Å². The molecule has 1 saturated carbocycles. The number of hydrogen-bond donors (Lipinski definition) is 2. The molecule has 1 saturated heterocycles. The van der Waals surface area contributed by atoms with Crippen LogP contribution in [0.3, 0.4) is 0 Å². The first-order valence-electron chi connectivity index (χ1n) is 8.62. The second-order valence-electron chi connectivity index (χ2n) is 6.53. The molecule has 1 aromatic heterocycles. The zero-order valence-corrected chi connectivity index (χ0v) is 16.0. The normalized spacial score (nSPS) is 24.9. The number of fused-ring (bicyclic) bond motifs is 1. The van der Waals surface area contributed by atoms with Gasteiger partial charge in [0.15, 0.2) is 0 Å². The van der Waals surface area contributed by atoms with E-state index in [9.17, 15) is 9.59 Å². The van der Waals surface area contributed by atoms with Crippen LogP contribution < -0.4 is 10.6 Å². The third-order valence-corrected chi connectivity index (χ3v) is 5.77. The summed E-state index contributed by atoms with van der Waals surface area (Å²) < 4.78 is 4.61. The molecular formula is C16H25ClN4O3S. The van der Waals surface area contributed by atoms with Gasteiger partial charge in [0, 0.05) is 18.9 Å². The van der Waals surface area contributed by atoms with E-state index in [0.29, 0.717) is 36.4 Å². The number of aryl methyl sites for hydroxylation is 1. The van der Waals surface area contributed by atoms with Crippen molar-refractivity contribution in [2.75, 3.05) is 12.4 Å². The van der Waals surface area contributed by atoms with Gasteiger partial charge in [-0.05, 0) is 31.6 Å². The molecule has 0 aromatic carbocycles. The second-order valence-corrected chi connectivity index (χ2v) is 7.59. The summed E-state index contributed by atoms with van der Waals surface area (Å²) in [7, 11) is 1.38. The predicted molar refractivity (Wildman–Crippen MR) is 98.0 cm³/mol. The van der Waals surface area contributed by atoms with Crippen molar-refractivity contribution in [1.82, 2.24) is 15.5 Å². The molecule has 3 atom stereocenters. The van der Waals surface area contributed by atoms with E-state index < -0.39 is 0 Å². The van der Waals surface area contributed by atoms with E-state index in [2.05, 4.69) is 25.6 Å². The Bertz CT molecular complexity index is 584. The number of rotatable bonds is 6. The van der Waals surface area contributed by atoms with Crippen LogP contribution in [0, 0.1) is 5.92 Å². The summed E-state index contributed by atoms with van der Waals surface area (Å²) in [5.41, 5.74) is 0. The van der Waals surface area contributed by atoms with Crippen LogP contribution in [0.25, 0.3) is 0 Å². The van der Waals surface area contributed by atoms with Crippen LogP contribution in [0.15, 0.2) is 0 Å². The molecule has 3 rings (SSSR count). The minimum atomic E-state index is -0.221. The van der Waals surface area contributed by atoms with Crippen LogP contribution in [0.4, 0.5) is 5.13 Å². The Morgan fingerprint density at radius 1 is 1.32 bits per heavy atom. The van der Waals surface area contributed by atoms with Crippen molar-refractivity contribution in [3.05, 3.63) is 5.01 Å². The quantitative estimate of drug-likeness (QED) is 0.726. The highest BCUT2D eigenvalue weighted by molar-refractivity contribution is 7.15. The molecule has 1 aromatic rings. The number of anilines is 1. The topological polar surface area (TPSA) is 93.2 Å². The Hall–Kier alpha value is -1.25. The second kappa shape index (κ2) is 9.45.